The Balaban J connectivity index is 1.34. The van der Waals surface area contributed by atoms with Crippen molar-refractivity contribution >= 4 is 23.8 Å². The summed E-state index contributed by atoms with van der Waals surface area (Å²) in [5.41, 5.74) is 2.54. The van der Waals surface area contributed by atoms with Crippen LogP contribution in [0.3, 0.4) is 0 Å². The average molecular weight is 669 g/mol. The number of rotatable bonds is 10. The molecule has 258 valence electrons. The van der Waals surface area contributed by atoms with Gasteiger partial charge in [0.15, 0.2) is 0 Å². The van der Waals surface area contributed by atoms with E-state index in [4.69, 9.17) is 14.2 Å². The Hall–Kier alpha value is -5.23. The number of benzene rings is 3. The van der Waals surface area contributed by atoms with Gasteiger partial charge in [-0.25, -0.2) is 14.6 Å². The first-order chi connectivity index (χ1) is 23.5. The number of carbonyl (C=O) groups excluding carboxylic acids is 3. The number of aryl methyl sites for hydroxylation is 2. The molecule has 0 spiro atoms. The van der Waals surface area contributed by atoms with Crippen LogP contribution in [-0.4, -0.2) is 76.2 Å². The van der Waals surface area contributed by atoms with Gasteiger partial charge in [-0.2, -0.15) is 5.10 Å². The quantitative estimate of drug-likeness (QED) is 0.189. The minimum Gasteiger partial charge on any atom is -0.453 e. The van der Waals surface area contributed by atoms with E-state index in [-0.39, 0.29) is 19.3 Å². The van der Waals surface area contributed by atoms with Gasteiger partial charge in [0.1, 0.15) is 29.3 Å². The molecule has 0 bridgehead atoms. The number of para-hydroxylation sites is 1. The fraction of sp³-hybridized carbons (Fsp3) is 0.378. The monoisotopic (exact) mass is 668 g/mol. The van der Waals surface area contributed by atoms with E-state index in [0.29, 0.717) is 30.2 Å². The van der Waals surface area contributed by atoms with Crippen molar-refractivity contribution in [3.63, 3.8) is 0 Å². The highest BCUT2D eigenvalue weighted by molar-refractivity contribution is 5.98. The number of methoxy groups -OCH3 is 1. The van der Waals surface area contributed by atoms with Gasteiger partial charge in [0.25, 0.3) is 0 Å². The molecule has 1 aliphatic heterocycles. The third-order valence-electron chi connectivity index (χ3n) is 8.23. The molecule has 12 nitrogen and oxygen atoms in total. The summed E-state index contributed by atoms with van der Waals surface area (Å²) in [4.78, 5) is 46.1. The zero-order chi connectivity index (χ0) is 35.0. The van der Waals surface area contributed by atoms with E-state index in [1.165, 1.54) is 7.11 Å². The number of morpholine rings is 1. The number of carbonyl (C=O) groups is 3. The van der Waals surface area contributed by atoms with Crippen LogP contribution in [0.25, 0.3) is 0 Å². The van der Waals surface area contributed by atoms with Gasteiger partial charge in [-0.3, -0.25) is 14.8 Å². The summed E-state index contributed by atoms with van der Waals surface area (Å²) in [6.45, 7) is 7.77. The largest absolute Gasteiger partial charge is 0.453 e. The molecule has 1 aliphatic rings. The van der Waals surface area contributed by atoms with Crippen LogP contribution in [0.4, 0.5) is 15.3 Å². The number of nitrogens with one attached hydrogen (secondary N) is 3. The zero-order valence-electron chi connectivity index (χ0n) is 28.5. The second kappa shape index (κ2) is 15.8. The molecular weight excluding hydrogens is 624 g/mol. The van der Waals surface area contributed by atoms with Crippen LogP contribution in [-0.2, 0) is 25.4 Å². The van der Waals surface area contributed by atoms with Crippen LogP contribution in [0.5, 0.6) is 0 Å². The number of alkyl carbamates (subject to hydrolysis) is 1. The minimum atomic E-state index is -0.994. The highest BCUT2D eigenvalue weighted by Crippen LogP contribution is 2.31. The fourth-order valence-corrected chi connectivity index (χ4v) is 5.92. The van der Waals surface area contributed by atoms with E-state index < -0.39 is 41.7 Å². The molecule has 3 amide bonds. The Bertz CT molecular complexity index is 1670. The minimum absolute atomic E-state index is 0.220. The fourth-order valence-electron chi connectivity index (χ4n) is 5.92. The van der Waals surface area contributed by atoms with Crippen molar-refractivity contribution in [3.05, 3.63) is 113 Å². The van der Waals surface area contributed by atoms with Crippen molar-refractivity contribution in [3.8, 4) is 0 Å². The molecule has 1 saturated heterocycles. The summed E-state index contributed by atoms with van der Waals surface area (Å²) in [5, 5.41) is 12.9. The van der Waals surface area contributed by atoms with Crippen LogP contribution < -0.4 is 10.6 Å². The van der Waals surface area contributed by atoms with Gasteiger partial charge in [0, 0.05) is 11.6 Å². The molecule has 12 heteroatoms. The van der Waals surface area contributed by atoms with Crippen molar-refractivity contribution in [1.82, 2.24) is 25.4 Å². The van der Waals surface area contributed by atoms with Gasteiger partial charge >= 0.3 is 12.2 Å². The van der Waals surface area contributed by atoms with Gasteiger partial charge < -0.3 is 24.8 Å². The van der Waals surface area contributed by atoms with Gasteiger partial charge in [-0.1, -0.05) is 78.9 Å². The normalized spacial score (nSPS) is 16.9. The summed E-state index contributed by atoms with van der Waals surface area (Å²) < 4.78 is 16.9. The Kier molecular flexibility index (Phi) is 11.3. The summed E-state index contributed by atoms with van der Waals surface area (Å²) in [5.74, 6) is 0.215. The average Bonchev–Trinajstić information content (AvgIpc) is 3.53. The molecule has 3 atom stereocenters. The maximum atomic E-state index is 14.1. The molecule has 5 rings (SSSR count). The number of amides is 3. The molecule has 0 radical (unpaired) electrons. The Morgan fingerprint density at radius 1 is 0.980 bits per heavy atom. The molecule has 1 fully saturated rings. The standard InChI is InChI=1S/C37H44N6O6/c1-24-38-33(42-41-24)30-23-48-28(22-43(30)36(46)49-37(2,3)4)21-20-25-14-12-13-19-29(25)39-34(44)32(40-35(45)47-5)31(26-15-8-6-9-16-26)27-17-10-7-11-18-27/h6-19,28,30-32H,20-23H2,1-5H3,(H,39,44)(H,40,45)(H,38,41,42)/t28-,30+,32+/m1/s1. The summed E-state index contributed by atoms with van der Waals surface area (Å²) >= 11 is 0. The third kappa shape index (κ3) is 9.23. The lowest BCUT2D eigenvalue weighted by Gasteiger charge is -2.39. The number of ether oxygens (including phenoxy) is 3. The highest BCUT2D eigenvalue weighted by Gasteiger charge is 2.38. The topological polar surface area (TPSA) is 148 Å². The van der Waals surface area contributed by atoms with Crippen LogP contribution >= 0.6 is 0 Å². The lowest BCUT2D eigenvalue weighted by Crippen LogP contribution is -2.49. The number of aromatic amines is 1. The first-order valence-corrected chi connectivity index (χ1v) is 16.4. The summed E-state index contributed by atoms with van der Waals surface area (Å²) in [7, 11) is 1.27. The number of hydrogen-bond acceptors (Lipinski definition) is 8. The predicted molar refractivity (Wildman–Crippen MR) is 184 cm³/mol. The summed E-state index contributed by atoms with van der Waals surface area (Å²) in [6.07, 6.45) is -0.359. The van der Waals surface area contributed by atoms with Gasteiger partial charge in [-0.15, -0.1) is 0 Å². The smallest absolute Gasteiger partial charge is 0.411 e. The van der Waals surface area contributed by atoms with E-state index in [1.807, 2.05) is 106 Å². The van der Waals surface area contributed by atoms with E-state index >= 15 is 0 Å². The number of nitrogens with zero attached hydrogens (tertiary/aromatic N) is 3. The zero-order valence-corrected chi connectivity index (χ0v) is 28.5. The Morgan fingerprint density at radius 3 is 2.20 bits per heavy atom. The van der Waals surface area contributed by atoms with Crippen molar-refractivity contribution in [1.29, 1.82) is 0 Å². The maximum Gasteiger partial charge on any atom is 0.411 e. The van der Waals surface area contributed by atoms with Crippen molar-refractivity contribution in [2.45, 2.75) is 70.2 Å². The van der Waals surface area contributed by atoms with E-state index in [9.17, 15) is 14.4 Å². The first-order valence-electron chi connectivity index (χ1n) is 16.4. The SMILES string of the molecule is COC(=O)N[C@H](C(=O)Nc1ccccc1CC[C@@H]1CN(C(=O)OC(C)(C)C)[C@H](c2nc(C)n[nH]2)CO1)C(c1ccccc1)c1ccccc1. The number of hydrogen-bond donors (Lipinski definition) is 3. The summed E-state index contributed by atoms with van der Waals surface area (Å²) in [6, 6.07) is 25.2. The lowest BCUT2D eigenvalue weighted by atomic mass is 9.84. The van der Waals surface area contributed by atoms with Crippen LogP contribution in [0.2, 0.25) is 0 Å². The molecule has 3 N–H and O–H groups in total. The second-order valence-corrected chi connectivity index (χ2v) is 13.0. The molecule has 4 aromatic rings. The number of H-pyrrole nitrogens is 1. The third-order valence-corrected chi connectivity index (χ3v) is 8.23. The van der Waals surface area contributed by atoms with Crippen molar-refractivity contribution < 1.29 is 28.6 Å². The van der Waals surface area contributed by atoms with E-state index in [0.717, 1.165) is 16.7 Å². The predicted octanol–water partition coefficient (Wildman–Crippen LogP) is 5.92. The van der Waals surface area contributed by atoms with Crippen molar-refractivity contribution in [2.24, 2.45) is 0 Å². The van der Waals surface area contributed by atoms with E-state index in [1.54, 1.807) is 11.8 Å². The molecular formula is C37H44N6O6. The van der Waals surface area contributed by atoms with Gasteiger partial charge in [-0.05, 0) is 63.3 Å². The molecule has 1 aromatic heterocycles. The van der Waals surface area contributed by atoms with E-state index in [2.05, 4.69) is 25.8 Å². The molecule has 3 aromatic carbocycles. The maximum absolute atomic E-state index is 14.1. The van der Waals surface area contributed by atoms with Crippen LogP contribution in [0.1, 0.15) is 67.5 Å². The molecule has 49 heavy (non-hydrogen) atoms. The Morgan fingerprint density at radius 2 is 1.61 bits per heavy atom. The molecule has 2 heterocycles. The van der Waals surface area contributed by atoms with Gasteiger partial charge in [0.2, 0.25) is 5.91 Å². The lowest BCUT2D eigenvalue weighted by molar-refractivity contribution is -0.118. The number of anilines is 1. The Labute approximate surface area is 286 Å². The van der Waals surface area contributed by atoms with Gasteiger partial charge in [0.05, 0.1) is 26.4 Å². The highest BCUT2D eigenvalue weighted by atomic mass is 16.6. The van der Waals surface area contributed by atoms with Crippen LogP contribution in [0, 0.1) is 6.92 Å². The van der Waals surface area contributed by atoms with Crippen molar-refractivity contribution in [2.75, 3.05) is 25.6 Å². The first kappa shape index (κ1) is 35.1. The molecule has 0 unspecified atom stereocenters. The number of aromatic nitrogens is 3. The van der Waals surface area contributed by atoms with Crippen LogP contribution in [0.15, 0.2) is 84.9 Å². The molecule has 0 aliphatic carbocycles. The molecule has 0 saturated carbocycles. The second-order valence-electron chi connectivity index (χ2n) is 13.0.